The van der Waals surface area contributed by atoms with Gasteiger partial charge in [0.2, 0.25) is 0 Å². The van der Waals surface area contributed by atoms with Gasteiger partial charge < -0.3 is 39.6 Å². The summed E-state index contributed by atoms with van der Waals surface area (Å²) in [6, 6.07) is 0. The molecule has 0 amide bonds. The molecule has 77 valence electrons. The van der Waals surface area contributed by atoms with E-state index in [-0.39, 0.29) is 46.6 Å². The fourth-order valence-corrected chi connectivity index (χ4v) is 0. The first-order valence-corrected chi connectivity index (χ1v) is 1.71. The van der Waals surface area contributed by atoms with Crippen molar-refractivity contribution in [2.45, 2.75) is 0 Å². The van der Waals surface area contributed by atoms with E-state index in [9.17, 15) is 0 Å². The zero-order valence-corrected chi connectivity index (χ0v) is 9.88. The van der Waals surface area contributed by atoms with Crippen molar-refractivity contribution in [2.24, 2.45) is 0 Å². The summed E-state index contributed by atoms with van der Waals surface area (Å²) in [5.74, 6) is 0. The summed E-state index contributed by atoms with van der Waals surface area (Å²) in [6.45, 7) is 2.00. The summed E-state index contributed by atoms with van der Waals surface area (Å²) in [5, 5.41) is 27.1. The van der Waals surface area contributed by atoms with Gasteiger partial charge in [0.05, 0.1) is 0 Å². The topological polar surface area (TPSA) is 149 Å². The predicted molar refractivity (Wildman–Crippen MR) is 33.3 cm³/mol. The third-order valence-corrected chi connectivity index (χ3v) is 0. The average molecular weight is 259 g/mol. The molecule has 0 aliphatic heterocycles. The first-order chi connectivity index (χ1) is 5.66. The normalized spacial score (nSPS) is 3.43. The van der Waals surface area contributed by atoms with Crippen LogP contribution >= 0.6 is 0 Å². The molecule has 1 radical (unpaired) electrons. The fraction of sp³-hybridized carbons (Fsp3) is 0. The van der Waals surface area contributed by atoms with Gasteiger partial charge in [0.1, 0.15) is 0 Å². The van der Waals surface area contributed by atoms with Crippen molar-refractivity contribution in [3.63, 3.8) is 0 Å². The number of rotatable bonds is 0. The van der Waals surface area contributed by atoms with E-state index in [2.05, 4.69) is 0 Å². The summed E-state index contributed by atoms with van der Waals surface area (Å²) >= 11 is 0. The van der Waals surface area contributed by atoms with Gasteiger partial charge in [-0.15, -0.1) is 0 Å². The molecule has 0 aliphatic rings. The van der Waals surface area contributed by atoms with Crippen LogP contribution in [0, 0.1) is 0 Å². The first kappa shape index (κ1) is 37.6. The Kier molecular flexibility index (Phi) is 375. The SMILES string of the molecule is O=[C-]O.O=[C-]O.O=[C-]O.O=[C-]O.[Fe+3].[Na+]. The summed E-state index contributed by atoms with van der Waals surface area (Å²) < 4.78 is 0. The van der Waals surface area contributed by atoms with Crippen LogP contribution in [0.15, 0.2) is 0 Å². The maximum absolute atomic E-state index is 8.24. The zero-order chi connectivity index (χ0) is 10.8. The Morgan fingerprint density at radius 3 is 0.571 bits per heavy atom. The molecule has 0 unspecified atom stereocenters. The molecule has 0 saturated heterocycles. The molecule has 0 aliphatic carbocycles. The van der Waals surface area contributed by atoms with Crippen molar-refractivity contribution < 1.29 is 86.2 Å². The monoisotopic (exact) mass is 259 g/mol. The molecule has 4 N–H and O–H groups in total. The minimum atomic E-state index is 0. The second-order valence-electron chi connectivity index (χ2n) is 0.365. The van der Waals surface area contributed by atoms with Crippen LogP contribution in [0.1, 0.15) is 0 Å². The largest absolute Gasteiger partial charge is 3.00 e. The molecule has 0 atom stereocenters. The van der Waals surface area contributed by atoms with Crippen LogP contribution in [0.5, 0.6) is 0 Å². The van der Waals surface area contributed by atoms with Gasteiger partial charge in [-0.2, -0.15) is 0 Å². The zero-order valence-electron chi connectivity index (χ0n) is 6.78. The Hall–Kier alpha value is -0.601. The van der Waals surface area contributed by atoms with Crippen molar-refractivity contribution in [1.29, 1.82) is 0 Å². The van der Waals surface area contributed by atoms with Gasteiger partial charge >= 0.3 is 46.6 Å². The molecule has 10 heteroatoms. The quantitative estimate of drug-likeness (QED) is 0.251. The van der Waals surface area contributed by atoms with Gasteiger partial charge in [-0.05, 0) is 0 Å². The standard InChI is InChI=1S/4CHO2.Fe.Na/c4*2-1-3;;/h4*(H,2,3);;/q4*-1;+3;+1. The molecule has 0 aromatic rings. The maximum atomic E-state index is 8.24. The van der Waals surface area contributed by atoms with Crippen molar-refractivity contribution in [3.8, 4) is 0 Å². The summed E-state index contributed by atoms with van der Waals surface area (Å²) in [5.41, 5.74) is 0. The van der Waals surface area contributed by atoms with Gasteiger partial charge in [-0.1, -0.05) is 25.9 Å². The Morgan fingerprint density at radius 2 is 0.571 bits per heavy atom. The van der Waals surface area contributed by atoms with Crippen LogP contribution in [0.25, 0.3) is 0 Å². The molecule has 0 bridgehead atoms. The predicted octanol–water partition coefficient (Wildman–Crippen LogP) is -4.55. The second kappa shape index (κ2) is 139. The van der Waals surface area contributed by atoms with E-state index in [1.807, 2.05) is 0 Å². The van der Waals surface area contributed by atoms with Crippen LogP contribution in [-0.2, 0) is 36.2 Å². The first-order valence-electron chi connectivity index (χ1n) is 1.71. The smallest absolute Gasteiger partial charge is 0.665 e. The number of hydrogen-bond acceptors (Lipinski definition) is 4. The minimum absolute atomic E-state index is 0. The van der Waals surface area contributed by atoms with Crippen LogP contribution in [-0.4, -0.2) is 46.3 Å². The fourth-order valence-electron chi connectivity index (χ4n) is 0. The van der Waals surface area contributed by atoms with Gasteiger partial charge in [-0.25, -0.2) is 0 Å². The molecule has 0 fully saturated rings. The molecule has 0 rings (SSSR count). The molecule has 0 heterocycles. The molecule has 0 spiro atoms. The maximum Gasteiger partial charge on any atom is 3.00 e. The third kappa shape index (κ3) is 3420. The van der Waals surface area contributed by atoms with Crippen molar-refractivity contribution >= 4 is 25.9 Å². The van der Waals surface area contributed by atoms with Crippen molar-refractivity contribution in [3.05, 3.63) is 0 Å². The second-order valence-corrected chi connectivity index (χ2v) is 0.365. The molecular formula is C4H4FeNaO8. The van der Waals surface area contributed by atoms with Gasteiger partial charge in [-0.3, -0.25) is 0 Å². The molecule has 0 aromatic heterocycles. The van der Waals surface area contributed by atoms with E-state index in [0.29, 0.717) is 25.9 Å². The van der Waals surface area contributed by atoms with Gasteiger partial charge in [0.25, 0.3) is 0 Å². The van der Waals surface area contributed by atoms with E-state index in [4.69, 9.17) is 39.6 Å². The van der Waals surface area contributed by atoms with E-state index >= 15 is 0 Å². The van der Waals surface area contributed by atoms with Crippen LogP contribution in [0.4, 0.5) is 0 Å². The van der Waals surface area contributed by atoms with Crippen molar-refractivity contribution in [1.82, 2.24) is 0 Å². The van der Waals surface area contributed by atoms with E-state index in [1.165, 1.54) is 0 Å². The molecule has 0 aromatic carbocycles. The third-order valence-electron chi connectivity index (χ3n) is 0. The van der Waals surface area contributed by atoms with Crippen molar-refractivity contribution in [2.75, 3.05) is 0 Å². The Morgan fingerprint density at radius 1 is 0.571 bits per heavy atom. The number of hydrogen-bond donors (Lipinski definition) is 4. The molecule has 0 saturated carbocycles. The van der Waals surface area contributed by atoms with Crippen LogP contribution < -0.4 is 29.6 Å². The Labute approximate surface area is 112 Å². The average Bonchev–Trinajstić information content (AvgIpc) is 1.92. The minimum Gasteiger partial charge on any atom is -0.665 e. The summed E-state index contributed by atoms with van der Waals surface area (Å²) in [7, 11) is 0. The van der Waals surface area contributed by atoms with E-state index in [1.54, 1.807) is 0 Å². The van der Waals surface area contributed by atoms with Crippen LogP contribution in [0.2, 0.25) is 0 Å². The Bertz CT molecular complexity index is 75.3. The van der Waals surface area contributed by atoms with E-state index in [0.717, 1.165) is 0 Å². The van der Waals surface area contributed by atoms with Crippen LogP contribution in [0.3, 0.4) is 0 Å². The number of aliphatic hydroxyl groups excluding tert-OH is 4. The van der Waals surface area contributed by atoms with Gasteiger partial charge in [0.15, 0.2) is 0 Å². The van der Waals surface area contributed by atoms with Gasteiger partial charge in [0, 0.05) is 0 Å². The Balaban J connectivity index is -0.0000000145. The molecule has 8 nitrogen and oxygen atoms in total. The summed E-state index contributed by atoms with van der Waals surface area (Å²) in [6.07, 6.45) is 0. The molecule has 14 heavy (non-hydrogen) atoms. The van der Waals surface area contributed by atoms with E-state index < -0.39 is 0 Å². The summed E-state index contributed by atoms with van der Waals surface area (Å²) in [4.78, 5) is 32.9. The molecular weight excluding hydrogens is 255 g/mol.